The number of aryl methyl sites for hydroxylation is 1. The average Bonchev–Trinajstić information content (AvgIpc) is 3.01. The molecule has 2 aliphatic rings. The van der Waals surface area contributed by atoms with Crippen LogP contribution in [-0.2, 0) is 4.79 Å². The van der Waals surface area contributed by atoms with Gasteiger partial charge in [-0.3, -0.25) is 14.9 Å². The van der Waals surface area contributed by atoms with E-state index >= 15 is 0 Å². The smallest absolute Gasteiger partial charge is 0.308 e. The Labute approximate surface area is 121 Å². The Morgan fingerprint density at radius 2 is 2.19 bits per heavy atom. The second-order valence-electron chi connectivity index (χ2n) is 5.98. The van der Waals surface area contributed by atoms with Gasteiger partial charge in [-0.05, 0) is 38.0 Å². The number of carboxylic acids is 1. The molecule has 4 unspecified atom stereocenters. The largest absolute Gasteiger partial charge is 0.481 e. The number of carboxylic acid groups (broad SMARTS) is 1. The molecule has 21 heavy (non-hydrogen) atoms. The van der Waals surface area contributed by atoms with Gasteiger partial charge in [0.05, 0.1) is 16.9 Å². The summed E-state index contributed by atoms with van der Waals surface area (Å²) >= 11 is 0. The van der Waals surface area contributed by atoms with Crippen LogP contribution in [0.2, 0.25) is 0 Å². The number of fused-ring (bicyclic) bond motifs is 2. The molecule has 4 atom stereocenters. The molecule has 1 aromatic heterocycles. The Kier molecular flexibility index (Phi) is 3.27. The van der Waals surface area contributed by atoms with Crippen LogP contribution in [0.25, 0.3) is 0 Å². The zero-order chi connectivity index (χ0) is 15.1. The van der Waals surface area contributed by atoms with E-state index in [0.29, 0.717) is 17.3 Å². The lowest BCUT2D eigenvalue weighted by atomic mass is 9.84. The van der Waals surface area contributed by atoms with Gasteiger partial charge < -0.3 is 10.4 Å². The highest BCUT2D eigenvalue weighted by atomic mass is 16.6. The summed E-state index contributed by atoms with van der Waals surface area (Å²) in [7, 11) is 0. The fraction of sp³-hybridized carbons (Fsp3) is 0.571. The van der Waals surface area contributed by atoms with E-state index in [0.717, 1.165) is 19.3 Å². The molecule has 0 radical (unpaired) electrons. The highest BCUT2D eigenvalue weighted by Crippen LogP contribution is 2.49. The average molecular weight is 291 g/mol. The highest BCUT2D eigenvalue weighted by Gasteiger charge is 2.51. The topological polar surface area (TPSA) is 105 Å². The van der Waals surface area contributed by atoms with E-state index in [4.69, 9.17) is 0 Å². The maximum absolute atomic E-state index is 11.5. The fourth-order valence-electron chi connectivity index (χ4n) is 3.81. The molecular weight excluding hydrogens is 274 g/mol. The number of hydrogen-bond acceptors (Lipinski definition) is 5. The maximum Gasteiger partial charge on any atom is 0.308 e. The Bertz CT molecular complexity index is 604. The number of anilines is 1. The summed E-state index contributed by atoms with van der Waals surface area (Å²) < 4.78 is 0. The molecule has 112 valence electrons. The standard InChI is InChI=1S/C14H17N3O4/c1-7-6-15-11(5-10(7)17(20)21)16-13-9-3-2-8(4-9)12(13)14(18)19/h5-6,8-9,12-13H,2-4H2,1H3,(H,15,16)(H,18,19). The summed E-state index contributed by atoms with van der Waals surface area (Å²) in [6, 6.07) is 1.20. The molecule has 3 rings (SSSR count). The molecule has 0 spiro atoms. The molecule has 7 nitrogen and oxygen atoms in total. The minimum atomic E-state index is -0.790. The zero-order valence-electron chi connectivity index (χ0n) is 11.7. The van der Waals surface area contributed by atoms with Crippen molar-refractivity contribution >= 4 is 17.5 Å². The van der Waals surface area contributed by atoms with Crippen LogP contribution in [0.15, 0.2) is 12.3 Å². The minimum absolute atomic E-state index is 0.00234. The SMILES string of the molecule is Cc1cnc(NC2C3CCC(C3)C2C(=O)O)cc1[N+](=O)[O-]. The van der Waals surface area contributed by atoms with Crippen molar-refractivity contribution in [3.8, 4) is 0 Å². The van der Waals surface area contributed by atoms with E-state index in [-0.39, 0.29) is 17.6 Å². The lowest BCUT2D eigenvalue weighted by molar-refractivity contribution is -0.385. The molecule has 0 aliphatic heterocycles. The van der Waals surface area contributed by atoms with E-state index in [2.05, 4.69) is 10.3 Å². The van der Waals surface area contributed by atoms with E-state index < -0.39 is 16.8 Å². The number of nitrogens with one attached hydrogen (secondary N) is 1. The number of nitro groups is 1. The fourth-order valence-corrected chi connectivity index (χ4v) is 3.81. The van der Waals surface area contributed by atoms with Gasteiger partial charge in [0.1, 0.15) is 5.82 Å². The quantitative estimate of drug-likeness (QED) is 0.650. The second kappa shape index (κ2) is 4.98. The normalized spacial score (nSPS) is 30.3. The predicted octanol–water partition coefficient (Wildman–Crippen LogP) is 2.21. The first-order valence-corrected chi connectivity index (χ1v) is 7.07. The first-order valence-electron chi connectivity index (χ1n) is 7.07. The molecule has 1 aromatic rings. The zero-order valence-corrected chi connectivity index (χ0v) is 11.7. The number of nitrogens with zero attached hydrogens (tertiary/aromatic N) is 2. The number of rotatable bonds is 4. The summed E-state index contributed by atoms with van der Waals surface area (Å²) in [4.78, 5) is 26.1. The van der Waals surface area contributed by atoms with Gasteiger partial charge in [-0.1, -0.05) is 0 Å². The van der Waals surface area contributed by atoms with Crippen LogP contribution in [0.4, 0.5) is 11.5 Å². The van der Waals surface area contributed by atoms with Crippen molar-refractivity contribution < 1.29 is 14.8 Å². The number of aliphatic carboxylic acids is 1. The van der Waals surface area contributed by atoms with Crippen LogP contribution < -0.4 is 5.32 Å². The number of aromatic nitrogens is 1. The molecule has 0 aromatic carbocycles. The lowest BCUT2D eigenvalue weighted by Gasteiger charge is -2.29. The Morgan fingerprint density at radius 1 is 1.48 bits per heavy atom. The van der Waals surface area contributed by atoms with E-state index in [1.54, 1.807) is 6.92 Å². The lowest BCUT2D eigenvalue weighted by Crippen LogP contribution is -2.39. The van der Waals surface area contributed by atoms with Gasteiger partial charge in [-0.15, -0.1) is 0 Å². The van der Waals surface area contributed by atoms with Crippen molar-refractivity contribution in [3.63, 3.8) is 0 Å². The molecular formula is C14H17N3O4. The number of hydrogen-bond donors (Lipinski definition) is 2. The van der Waals surface area contributed by atoms with Crippen molar-refractivity contribution in [2.75, 3.05) is 5.32 Å². The molecule has 2 N–H and O–H groups in total. The van der Waals surface area contributed by atoms with Crippen LogP contribution in [0, 0.1) is 34.8 Å². The third-order valence-corrected chi connectivity index (χ3v) is 4.79. The molecule has 0 amide bonds. The first kappa shape index (κ1) is 13.8. The van der Waals surface area contributed by atoms with Gasteiger partial charge in [-0.25, -0.2) is 4.98 Å². The number of pyridine rings is 1. The molecule has 1 heterocycles. The maximum atomic E-state index is 11.5. The summed E-state index contributed by atoms with van der Waals surface area (Å²) in [5.41, 5.74) is 0.496. The van der Waals surface area contributed by atoms with Crippen LogP contribution in [0.5, 0.6) is 0 Å². The Morgan fingerprint density at radius 3 is 2.86 bits per heavy atom. The summed E-state index contributed by atoms with van der Waals surface area (Å²) in [6.07, 6.45) is 4.34. The van der Waals surface area contributed by atoms with Gasteiger partial charge in [-0.2, -0.15) is 0 Å². The highest BCUT2D eigenvalue weighted by molar-refractivity contribution is 5.73. The van der Waals surface area contributed by atoms with Gasteiger partial charge in [0.2, 0.25) is 0 Å². The molecule has 0 saturated heterocycles. The Hall–Kier alpha value is -2.18. The van der Waals surface area contributed by atoms with Gasteiger partial charge in [0, 0.05) is 17.8 Å². The Balaban J connectivity index is 1.84. The minimum Gasteiger partial charge on any atom is -0.481 e. The summed E-state index contributed by atoms with van der Waals surface area (Å²) in [5, 5.41) is 23.5. The molecule has 7 heteroatoms. The second-order valence-corrected chi connectivity index (χ2v) is 5.98. The molecule has 2 saturated carbocycles. The van der Waals surface area contributed by atoms with Crippen molar-refractivity contribution in [1.82, 2.24) is 4.98 Å². The molecule has 2 bridgehead atoms. The van der Waals surface area contributed by atoms with Crippen LogP contribution in [0.3, 0.4) is 0 Å². The van der Waals surface area contributed by atoms with Crippen molar-refractivity contribution in [2.45, 2.75) is 32.2 Å². The first-order chi connectivity index (χ1) is 9.97. The van der Waals surface area contributed by atoms with E-state index in [9.17, 15) is 20.0 Å². The van der Waals surface area contributed by atoms with E-state index in [1.165, 1.54) is 12.3 Å². The molecule has 2 fully saturated rings. The summed E-state index contributed by atoms with van der Waals surface area (Å²) in [5.74, 6) is -0.299. The number of carbonyl (C=O) groups is 1. The van der Waals surface area contributed by atoms with E-state index in [1.807, 2.05) is 0 Å². The van der Waals surface area contributed by atoms with Crippen LogP contribution >= 0.6 is 0 Å². The molecule has 2 aliphatic carbocycles. The van der Waals surface area contributed by atoms with Crippen molar-refractivity contribution in [2.24, 2.45) is 17.8 Å². The van der Waals surface area contributed by atoms with Crippen LogP contribution in [-0.4, -0.2) is 27.0 Å². The third-order valence-electron chi connectivity index (χ3n) is 4.79. The predicted molar refractivity (Wildman–Crippen MR) is 75.0 cm³/mol. The van der Waals surface area contributed by atoms with Gasteiger partial charge in [0.15, 0.2) is 0 Å². The third kappa shape index (κ3) is 2.32. The van der Waals surface area contributed by atoms with Gasteiger partial charge in [0.25, 0.3) is 5.69 Å². The van der Waals surface area contributed by atoms with Crippen molar-refractivity contribution in [3.05, 3.63) is 27.9 Å². The van der Waals surface area contributed by atoms with Crippen molar-refractivity contribution in [1.29, 1.82) is 0 Å². The monoisotopic (exact) mass is 291 g/mol. The van der Waals surface area contributed by atoms with Gasteiger partial charge >= 0.3 is 5.97 Å². The summed E-state index contributed by atoms with van der Waals surface area (Å²) in [6.45, 7) is 1.63. The van der Waals surface area contributed by atoms with Crippen LogP contribution in [0.1, 0.15) is 24.8 Å².